The monoisotopic (exact) mass is 268 g/mol. The lowest BCUT2D eigenvalue weighted by Gasteiger charge is -2.10. The zero-order chi connectivity index (χ0) is 13.6. The van der Waals surface area contributed by atoms with Crippen LogP contribution >= 0.6 is 0 Å². The molecule has 1 atom stereocenters. The normalized spacial score (nSPS) is 12.9. The second-order valence-corrected chi connectivity index (χ2v) is 5.56. The summed E-state index contributed by atoms with van der Waals surface area (Å²) in [5.41, 5.74) is 0.961. The van der Waals surface area contributed by atoms with Crippen molar-refractivity contribution in [1.82, 2.24) is 0 Å². The largest absolute Gasteiger partial charge is 0.391 e. The van der Waals surface area contributed by atoms with Crippen molar-refractivity contribution in [1.29, 1.82) is 0 Å². The van der Waals surface area contributed by atoms with Crippen molar-refractivity contribution >= 4 is 10.1 Å². The fourth-order valence-electron chi connectivity index (χ4n) is 1.27. The SMILES string of the molecule is C#CCCC(O)COS(=O)(=O)c1ccc(C)cc1. The molecule has 0 saturated heterocycles. The standard InChI is InChI=1S/C13H16O4S/c1-3-4-5-12(14)10-17-18(15,16)13-8-6-11(2)7-9-13/h1,6-9,12,14H,4-5,10H2,2H3. The Hall–Kier alpha value is -1.35. The Balaban J connectivity index is 2.60. The van der Waals surface area contributed by atoms with Crippen molar-refractivity contribution in [3.05, 3.63) is 29.8 Å². The molecule has 1 rings (SSSR count). The van der Waals surface area contributed by atoms with E-state index in [1.54, 1.807) is 12.1 Å². The summed E-state index contributed by atoms with van der Waals surface area (Å²) in [5.74, 6) is 2.37. The summed E-state index contributed by atoms with van der Waals surface area (Å²) in [4.78, 5) is 0.0808. The van der Waals surface area contributed by atoms with Crippen molar-refractivity contribution < 1.29 is 17.7 Å². The van der Waals surface area contributed by atoms with Gasteiger partial charge in [0.1, 0.15) is 0 Å². The first-order valence-electron chi connectivity index (χ1n) is 5.53. The van der Waals surface area contributed by atoms with Crippen LogP contribution in [0.1, 0.15) is 18.4 Å². The minimum Gasteiger partial charge on any atom is -0.391 e. The molecule has 5 heteroatoms. The first kappa shape index (κ1) is 14.7. The van der Waals surface area contributed by atoms with E-state index < -0.39 is 16.2 Å². The van der Waals surface area contributed by atoms with Gasteiger partial charge in [0.25, 0.3) is 10.1 Å². The van der Waals surface area contributed by atoms with Gasteiger partial charge in [-0.05, 0) is 25.5 Å². The van der Waals surface area contributed by atoms with Gasteiger partial charge >= 0.3 is 0 Å². The van der Waals surface area contributed by atoms with Gasteiger partial charge in [0.15, 0.2) is 0 Å². The van der Waals surface area contributed by atoms with Crippen molar-refractivity contribution in [2.24, 2.45) is 0 Å². The van der Waals surface area contributed by atoms with Crippen LogP contribution in [0.5, 0.6) is 0 Å². The van der Waals surface area contributed by atoms with E-state index in [9.17, 15) is 13.5 Å². The number of rotatable bonds is 6. The number of terminal acetylenes is 1. The van der Waals surface area contributed by atoms with E-state index in [0.717, 1.165) is 5.56 Å². The number of hydrogen-bond acceptors (Lipinski definition) is 4. The molecular weight excluding hydrogens is 252 g/mol. The lowest BCUT2D eigenvalue weighted by Crippen LogP contribution is -2.18. The smallest absolute Gasteiger partial charge is 0.297 e. The van der Waals surface area contributed by atoms with Crippen molar-refractivity contribution in [2.45, 2.75) is 30.8 Å². The van der Waals surface area contributed by atoms with E-state index in [1.165, 1.54) is 12.1 Å². The van der Waals surface area contributed by atoms with E-state index in [1.807, 2.05) is 6.92 Å². The summed E-state index contributed by atoms with van der Waals surface area (Å²) >= 11 is 0. The van der Waals surface area contributed by atoms with Gasteiger partial charge in [-0.1, -0.05) is 17.7 Å². The van der Waals surface area contributed by atoms with Gasteiger partial charge in [0.05, 0.1) is 17.6 Å². The number of hydrogen-bond donors (Lipinski definition) is 1. The van der Waals surface area contributed by atoms with Crippen LogP contribution in [-0.4, -0.2) is 26.2 Å². The van der Waals surface area contributed by atoms with Gasteiger partial charge in [-0.3, -0.25) is 4.18 Å². The predicted octanol–water partition coefficient (Wildman–Crippen LogP) is 1.47. The van der Waals surface area contributed by atoms with Crippen LogP contribution < -0.4 is 0 Å². The molecule has 1 unspecified atom stereocenters. The molecule has 18 heavy (non-hydrogen) atoms. The van der Waals surface area contributed by atoms with Crippen LogP contribution in [0.25, 0.3) is 0 Å². The fraction of sp³-hybridized carbons (Fsp3) is 0.385. The van der Waals surface area contributed by atoms with Gasteiger partial charge in [0, 0.05) is 6.42 Å². The summed E-state index contributed by atoms with van der Waals surface area (Å²) in [6.45, 7) is 1.58. The molecule has 1 N–H and O–H groups in total. The molecule has 0 bridgehead atoms. The van der Waals surface area contributed by atoms with Crippen LogP contribution in [0.15, 0.2) is 29.2 Å². The summed E-state index contributed by atoms with van der Waals surface area (Å²) in [5, 5.41) is 9.45. The van der Waals surface area contributed by atoms with Gasteiger partial charge in [-0.15, -0.1) is 12.3 Å². The molecule has 0 aliphatic heterocycles. The average Bonchev–Trinajstić information content (AvgIpc) is 2.34. The summed E-state index contributed by atoms with van der Waals surface area (Å²) < 4.78 is 28.3. The molecule has 0 spiro atoms. The van der Waals surface area contributed by atoms with E-state index in [2.05, 4.69) is 5.92 Å². The van der Waals surface area contributed by atoms with Crippen LogP contribution in [-0.2, 0) is 14.3 Å². The minimum absolute atomic E-state index is 0.0808. The quantitative estimate of drug-likeness (QED) is 0.627. The topological polar surface area (TPSA) is 63.6 Å². The molecule has 0 saturated carbocycles. The molecule has 0 aromatic heterocycles. The first-order valence-corrected chi connectivity index (χ1v) is 6.94. The molecular formula is C13H16O4S. The molecule has 1 aromatic rings. The number of aliphatic hydroxyl groups is 1. The maximum absolute atomic E-state index is 11.7. The maximum atomic E-state index is 11.7. The molecule has 0 heterocycles. The summed E-state index contributed by atoms with van der Waals surface area (Å²) in [6, 6.07) is 6.31. The van der Waals surface area contributed by atoms with Crippen LogP contribution in [0.2, 0.25) is 0 Å². The zero-order valence-electron chi connectivity index (χ0n) is 10.2. The highest BCUT2D eigenvalue weighted by atomic mass is 32.2. The summed E-state index contributed by atoms with van der Waals surface area (Å²) in [7, 11) is -3.81. The van der Waals surface area contributed by atoms with E-state index in [0.29, 0.717) is 12.8 Å². The molecule has 1 aromatic carbocycles. The predicted molar refractivity (Wildman–Crippen MR) is 68.4 cm³/mol. The van der Waals surface area contributed by atoms with E-state index in [-0.39, 0.29) is 11.5 Å². The first-order chi connectivity index (χ1) is 8.45. The van der Waals surface area contributed by atoms with Crippen LogP contribution in [0.4, 0.5) is 0 Å². The molecule has 0 radical (unpaired) electrons. The number of benzene rings is 1. The lowest BCUT2D eigenvalue weighted by atomic mass is 10.2. The Labute approximate surface area is 108 Å². The third-order valence-electron chi connectivity index (χ3n) is 2.35. The van der Waals surface area contributed by atoms with E-state index in [4.69, 9.17) is 10.6 Å². The highest BCUT2D eigenvalue weighted by Crippen LogP contribution is 2.13. The van der Waals surface area contributed by atoms with Crippen LogP contribution in [0.3, 0.4) is 0 Å². The Kier molecular flexibility index (Phi) is 5.35. The van der Waals surface area contributed by atoms with Crippen LogP contribution in [0, 0.1) is 19.3 Å². The minimum atomic E-state index is -3.81. The van der Waals surface area contributed by atoms with Gasteiger partial charge < -0.3 is 5.11 Å². The van der Waals surface area contributed by atoms with Crippen molar-refractivity contribution in [2.75, 3.05) is 6.61 Å². The number of aryl methyl sites for hydroxylation is 1. The summed E-state index contributed by atoms with van der Waals surface area (Å²) in [6.07, 6.45) is 4.87. The Morgan fingerprint density at radius 2 is 2.00 bits per heavy atom. The molecule has 0 amide bonds. The molecule has 0 fully saturated rings. The average molecular weight is 268 g/mol. The maximum Gasteiger partial charge on any atom is 0.297 e. The second-order valence-electron chi connectivity index (χ2n) is 3.95. The van der Waals surface area contributed by atoms with Crippen molar-refractivity contribution in [3.63, 3.8) is 0 Å². The number of aliphatic hydroxyl groups excluding tert-OH is 1. The Morgan fingerprint density at radius 3 is 2.56 bits per heavy atom. The van der Waals surface area contributed by atoms with Gasteiger partial charge in [-0.2, -0.15) is 8.42 Å². The second kappa shape index (κ2) is 6.55. The third-order valence-corrected chi connectivity index (χ3v) is 3.64. The van der Waals surface area contributed by atoms with E-state index >= 15 is 0 Å². The third kappa shape index (κ3) is 4.49. The Morgan fingerprint density at radius 1 is 1.39 bits per heavy atom. The molecule has 98 valence electrons. The van der Waals surface area contributed by atoms with Crippen molar-refractivity contribution in [3.8, 4) is 12.3 Å². The van der Waals surface area contributed by atoms with Gasteiger partial charge in [0.2, 0.25) is 0 Å². The highest BCUT2D eigenvalue weighted by molar-refractivity contribution is 7.86. The molecule has 4 nitrogen and oxygen atoms in total. The van der Waals surface area contributed by atoms with Gasteiger partial charge in [-0.25, -0.2) is 0 Å². The zero-order valence-corrected chi connectivity index (χ0v) is 11.0. The molecule has 0 aliphatic carbocycles. The molecule has 0 aliphatic rings. The fourth-order valence-corrected chi connectivity index (χ4v) is 2.22. The lowest BCUT2D eigenvalue weighted by molar-refractivity contribution is 0.104. The Bertz CT molecular complexity index is 511. The highest BCUT2D eigenvalue weighted by Gasteiger charge is 2.16.